The van der Waals surface area contributed by atoms with Crippen molar-refractivity contribution in [2.75, 3.05) is 31.1 Å². The molecular formula is C31H42BrN3O4S. The van der Waals surface area contributed by atoms with Gasteiger partial charge in [-0.25, -0.2) is 0 Å². The number of carbonyl (C=O) groups excluding carboxylic acids is 3. The maximum atomic E-state index is 14.4. The van der Waals surface area contributed by atoms with Gasteiger partial charge in [-0.15, -0.1) is 24.9 Å². The average molecular weight is 633 g/mol. The molecule has 7 nitrogen and oxygen atoms in total. The van der Waals surface area contributed by atoms with E-state index in [2.05, 4.69) is 29.1 Å². The number of hydrogen-bond donors (Lipinski definition) is 1. The summed E-state index contributed by atoms with van der Waals surface area (Å²) in [6.45, 7) is 13.1. The van der Waals surface area contributed by atoms with Crippen LogP contribution < -0.4 is 4.90 Å². The maximum Gasteiger partial charge on any atom is 0.247 e. The van der Waals surface area contributed by atoms with Crippen LogP contribution in [0.3, 0.4) is 0 Å². The van der Waals surface area contributed by atoms with E-state index in [4.69, 9.17) is 0 Å². The molecule has 1 N–H and O–H groups in total. The zero-order chi connectivity index (χ0) is 29.0. The highest BCUT2D eigenvalue weighted by molar-refractivity contribution is 9.09. The molecule has 1 spiro atoms. The highest BCUT2D eigenvalue weighted by Gasteiger charge is 2.76. The van der Waals surface area contributed by atoms with Crippen LogP contribution in [0.2, 0.25) is 0 Å². The van der Waals surface area contributed by atoms with Gasteiger partial charge in [0.1, 0.15) is 6.04 Å². The molecule has 3 aliphatic rings. The lowest BCUT2D eigenvalue weighted by Crippen LogP contribution is -2.57. The first kappa shape index (κ1) is 30.8. The highest BCUT2D eigenvalue weighted by Crippen LogP contribution is 2.68. The van der Waals surface area contributed by atoms with Crippen LogP contribution in [0.25, 0.3) is 0 Å². The SMILES string of the molecule is C=CCN(C(=O)[C@H]1[C@H]2C(=O)N(CCCCCCO)C(C(=O)N(CC=C)C(C)C)C23CC(Br)[C@@H]1S3)c1ccccc1. The number of halogens is 1. The van der Waals surface area contributed by atoms with Gasteiger partial charge in [0.2, 0.25) is 17.7 Å². The zero-order valence-corrected chi connectivity index (χ0v) is 26.0. The summed E-state index contributed by atoms with van der Waals surface area (Å²) in [5, 5.41) is 9.07. The predicted molar refractivity (Wildman–Crippen MR) is 166 cm³/mol. The monoisotopic (exact) mass is 631 g/mol. The van der Waals surface area contributed by atoms with E-state index in [1.807, 2.05) is 44.2 Å². The smallest absolute Gasteiger partial charge is 0.247 e. The number of alkyl halides is 1. The number of carbonyl (C=O) groups is 3. The number of aliphatic hydroxyl groups is 1. The molecule has 3 saturated heterocycles. The van der Waals surface area contributed by atoms with Gasteiger partial charge >= 0.3 is 0 Å². The van der Waals surface area contributed by atoms with E-state index >= 15 is 0 Å². The molecule has 0 saturated carbocycles. The Morgan fingerprint density at radius 3 is 2.42 bits per heavy atom. The molecule has 3 heterocycles. The number of unbranched alkanes of at least 4 members (excludes halogenated alkanes) is 3. The van der Waals surface area contributed by atoms with Crippen molar-refractivity contribution < 1.29 is 19.5 Å². The largest absolute Gasteiger partial charge is 0.396 e. The Morgan fingerprint density at radius 1 is 1.12 bits per heavy atom. The van der Waals surface area contributed by atoms with Gasteiger partial charge in [0, 0.05) is 48.0 Å². The lowest BCUT2D eigenvalue weighted by molar-refractivity contribution is -0.143. The molecule has 3 fully saturated rings. The Morgan fingerprint density at radius 2 is 1.80 bits per heavy atom. The van der Waals surface area contributed by atoms with Crippen LogP contribution in [0, 0.1) is 11.8 Å². The summed E-state index contributed by atoms with van der Waals surface area (Å²) < 4.78 is -0.677. The fourth-order valence-corrected chi connectivity index (χ4v) is 10.4. The second-order valence-electron chi connectivity index (χ2n) is 11.3. The Bertz CT molecular complexity index is 1100. The minimum Gasteiger partial charge on any atom is -0.396 e. The van der Waals surface area contributed by atoms with Gasteiger partial charge in [-0.1, -0.05) is 59.1 Å². The van der Waals surface area contributed by atoms with E-state index in [1.165, 1.54) is 0 Å². The van der Waals surface area contributed by atoms with E-state index < -0.39 is 22.6 Å². The Hall–Kier alpha value is -2.10. The number of nitrogens with zero attached hydrogens (tertiary/aromatic N) is 3. The molecule has 6 atom stereocenters. The third-order valence-electron chi connectivity index (χ3n) is 8.49. The summed E-state index contributed by atoms with van der Waals surface area (Å²) in [6.07, 6.45) is 7.31. The number of aliphatic hydroxyl groups excluding tert-OH is 1. The molecule has 9 heteroatoms. The number of hydrogen-bond acceptors (Lipinski definition) is 5. The van der Waals surface area contributed by atoms with Crippen molar-refractivity contribution in [3.8, 4) is 0 Å². The molecule has 40 heavy (non-hydrogen) atoms. The molecule has 3 amide bonds. The Kier molecular flexibility index (Phi) is 10.2. The average Bonchev–Trinajstić information content (AvgIpc) is 3.53. The van der Waals surface area contributed by atoms with Crippen LogP contribution in [-0.4, -0.2) is 85.8 Å². The molecular weight excluding hydrogens is 590 g/mol. The fraction of sp³-hybridized carbons (Fsp3) is 0.581. The molecule has 0 radical (unpaired) electrons. The van der Waals surface area contributed by atoms with Crippen molar-refractivity contribution in [3.05, 3.63) is 55.6 Å². The number of benzene rings is 1. The normalized spacial score (nSPS) is 28.6. The summed E-state index contributed by atoms with van der Waals surface area (Å²) in [6, 6.07) is 8.83. The predicted octanol–water partition coefficient (Wildman–Crippen LogP) is 4.65. The molecule has 2 bridgehead atoms. The molecule has 4 rings (SSSR count). The fourth-order valence-electron chi connectivity index (χ4n) is 6.77. The van der Waals surface area contributed by atoms with Gasteiger partial charge in [0.15, 0.2) is 0 Å². The van der Waals surface area contributed by atoms with E-state index in [-0.39, 0.29) is 40.4 Å². The minimum atomic E-state index is -0.677. The summed E-state index contributed by atoms with van der Waals surface area (Å²) in [4.78, 5) is 48.4. The van der Waals surface area contributed by atoms with E-state index in [0.717, 1.165) is 31.4 Å². The van der Waals surface area contributed by atoms with Crippen LogP contribution in [0.1, 0.15) is 46.0 Å². The number of rotatable bonds is 14. The first-order chi connectivity index (χ1) is 19.2. The third-order valence-corrected chi connectivity index (χ3v) is 11.7. The van der Waals surface area contributed by atoms with Crippen molar-refractivity contribution in [1.82, 2.24) is 9.80 Å². The standard InChI is InChI=1S/C31H42BrN3O4S/c1-5-16-33(21(3)4)30(39)27-31-20-23(32)26(40-31)24(25(31)29(38)35(27)18-12-7-8-13-19-36)28(37)34(17-6-2)22-14-10-9-11-15-22/h5-6,9-11,14-15,21,23-27,36H,1-2,7-8,12-13,16-20H2,3-4H3/t23?,24-,25-,26-,27?,31?/m0/s1. The summed E-state index contributed by atoms with van der Waals surface area (Å²) in [5.41, 5.74) is 0.774. The number of thioether (sulfide) groups is 1. The first-order valence-electron chi connectivity index (χ1n) is 14.3. The van der Waals surface area contributed by atoms with E-state index in [9.17, 15) is 19.5 Å². The van der Waals surface area contributed by atoms with Crippen molar-refractivity contribution in [2.45, 2.75) is 72.9 Å². The molecule has 3 aliphatic heterocycles. The van der Waals surface area contributed by atoms with Gasteiger partial charge in [-0.05, 0) is 45.2 Å². The second-order valence-corrected chi connectivity index (χ2v) is 14.0. The molecule has 218 valence electrons. The maximum absolute atomic E-state index is 14.4. The zero-order valence-electron chi connectivity index (χ0n) is 23.6. The number of fused-ring (bicyclic) bond motifs is 1. The third kappa shape index (κ3) is 5.53. The van der Waals surface area contributed by atoms with Crippen LogP contribution in [-0.2, 0) is 14.4 Å². The van der Waals surface area contributed by atoms with Crippen molar-refractivity contribution in [1.29, 1.82) is 0 Å². The lowest BCUT2D eigenvalue weighted by atomic mass is 9.70. The summed E-state index contributed by atoms with van der Waals surface area (Å²) in [7, 11) is 0. The number of anilines is 1. The second kappa shape index (κ2) is 13.3. The lowest BCUT2D eigenvalue weighted by Gasteiger charge is -2.39. The highest BCUT2D eigenvalue weighted by atomic mass is 79.9. The number of amides is 3. The van der Waals surface area contributed by atoms with Gasteiger partial charge in [0.05, 0.1) is 16.6 Å². The van der Waals surface area contributed by atoms with Crippen molar-refractivity contribution in [3.63, 3.8) is 0 Å². The Balaban J connectivity index is 1.73. The number of likely N-dealkylation sites (tertiary alicyclic amines) is 1. The number of para-hydroxylation sites is 1. The Labute approximate surface area is 251 Å². The van der Waals surface area contributed by atoms with Crippen LogP contribution >= 0.6 is 27.7 Å². The molecule has 1 aromatic rings. The van der Waals surface area contributed by atoms with E-state index in [0.29, 0.717) is 26.1 Å². The molecule has 3 unspecified atom stereocenters. The summed E-state index contributed by atoms with van der Waals surface area (Å²) in [5.74, 6) is -1.34. The van der Waals surface area contributed by atoms with Crippen LogP contribution in [0.4, 0.5) is 5.69 Å². The van der Waals surface area contributed by atoms with Gasteiger partial charge < -0.3 is 19.8 Å². The van der Waals surface area contributed by atoms with Crippen LogP contribution in [0.5, 0.6) is 0 Å². The van der Waals surface area contributed by atoms with Crippen molar-refractivity contribution in [2.24, 2.45) is 11.8 Å². The molecule has 0 aromatic heterocycles. The first-order valence-corrected chi connectivity index (χ1v) is 16.1. The van der Waals surface area contributed by atoms with Gasteiger partial charge in [-0.2, -0.15) is 0 Å². The van der Waals surface area contributed by atoms with E-state index in [1.54, 1.807) is 38.6 Å². The van der Waals surface area contributed by atoms with Crippen LogP contribution in [0.15, 0.2) is 55.6 Å². The molecule has 1 aromatic carbocycles. The van der Waals surface area contributed by atoms with Crippen molar-refractivity contribution >= 4 is 51.1 Å². The summed E-state index contributed by atoms with van der Waals surface area (Å²) >= 11 is 5.54. The molecule has 0 aliphatic carbocycles. The quantitative estimate of drug-likeness (QED) is 0.184. The topological polar surface area (TPSA) is 81.2 Å². The van der Waals surface area contributed by atoms with Gasteiger partial charge in [-0.3, -0.25) is 14.4 Å². The van der Waals surface area contributed by atoms with Gasteiger partial charge in [0.25, 0.3) is 0 Å². The minimum absolute atomic E-state index is 0.0172.